The van der Waals surface area contributed by atoms with Crippen LogP contribution in [0, 0.1) is 0 Å². The molecule has 0 radical (unpaired) electrons. The van der Waals surface area contributed by atoms with Gasteiger partial charge in [0.1, 0.15) is 0 Å². The maximum atomic E-state index is 12.0. The van der Waals surface area contributed by atoms with Gasteiger partial charge in [-0.15, -0.1) is 0 Å². The van der Waals surface area contributed by atoms with Crippen molar-refractivity contribution in [2.45, 2.75) is 32.1 Å². The molecular weight excluding hydrogens is 256 g/mol. The van der Waals surface area contributed by atoms with Crippen LogP contribution in [0.2, 0.25) is 0 Å². The number of fused-ring (bicyclic) bond motifs is 1. The minimum atomic E-state index is -0.370. The molecule has 0 bridgehead atoms. The highest BCUT2D eigenvalue weighted by Gasteiger charge is 2.31. The number of nitrogens with zero attached hydrogens (tertiary/aromatic N) is 3. The highest BCUT2D eigenvalue weighted by molar-refractivity contribution is 6.02. The van der Waals surface area contributed by atoms with Crippen LogP contribution in [0.25, 0.3) is 11.0 Å². The lowest BCUT2D eigenvalue weighted by Crippen LogP contribution is -2.39. The van der Waals surface area contributed by atoms with Crippen LogP contribution in [0.1, 0.15) is 37.1 Å². The summed E-state index contributed by atoms with van der Waals surface area (Å²) in [5.41, 5.74) is 2.49. The fraction of sp³-hybridized carbons (Fsp3) is 0.429. The van der Waals surface area contributed by atoms with Crippen LogP contribution < -0.4 is 5.32 Å². The van der Waals surface area contributed by atoms with Gasteiger partial charge in [0.15, 0.2) is 5.65 Å². The lowest BCUT2D eigenvalue weighted by Gasteiger charge is -2.19. The number of rotatable bonds is 2. The van der Waals surface area contributed by atoms with Crippen LogP contribution in [0.3, 0.4) is 0 Å². The summed E-state index contributed by atoms with van der Waals surface area (Å²) in [6, 6.07) is 3.92. The summed E-state index contributed by atoms with van der Waals surface area (Å²) in [6.07, 6.45) is 1.72. The number of nitrogens with one attached hydrogen (secondary N) is 1. The third-order valence-corrected chi connectivity index (χ3v) is 3.70. The molecule has 1 fully saturated rings. The van der Waals surface area contributed by atoms with Gasteiger partial charge in [0.05, 0.1) is 11.6 Å². The van der Waals surface area contributed by atoms with Crippen LogP contribution in [-0.2, 0) is 23.1 Å². The Morgan fingerprint density at radius 3 is 2.90 bits per heavy atom. The Labute approximate surface area is 116 Å². The molecule has 0 aromatic carbocycles. The molecule has 1 saturated heterocycles. The highest BCUT2D eigenvalue weighted by Crippen LogP contribution is 2.29. The van der Waals surface area contributed by atoms with Gasteiger partial charge in [-0.2, -0.15) is 5.10 Å². The zero-order chi connectivity index (χ0) is 14.3. The van der Waals surface area contributed by atoms with E-state index in [1.807, 2.05) is 26.1 Å². The van der Waals surface area contributed by atoms with Gasteiger partial charge in [-0.3, -0.25) is 19.6 Å². The van der Waals surface area contributed by atoms with E-state index in [1.54, 1.807) is 4.68 Å². The van der Waals surface area contributed by atoms with Gasteiger partial charge in [0.25, 0.3) is 0 Å². The van der Waals surface area contributed by atoms with E-state index in [4.69, 9.17) is 0 Å². The summed E-state index contributed by atoms with van der Waals surface area (Å²) in [5, 5.41) is 7.71. The first-order valence-electron chi connectivity index (χ1n) is 6.76. The zero-order valence-electron chi connectivity index (χ0n) is 11.5. The van der Waals surface area contributed by atoms with Gasteiger partial charge < -0.3 is 0 Å². The number of amides is 2. The number of carbonyl (C=O) groups excluding carboxylic acids is 2. The van der Waals surface area contributed by atoms with Crippen molar-refractivity contribution >= 4 is 22.8 Å². The number of pyridine rings is 1. The smallest absolute Gasteiger partial charge is 0.235 e. The van der Waals surface area contributed by atoms with E-state index >= 15 is 0 Å². The Morgan fingerprint density at radius 1 is 1.40 bits per heavy atom. The van der Waals surface area contributed by atoms with Crippen LogP contribution >= 0.6 is 0 Å². The predicted molar refractivity (Wildman–Crippen MR) is 73.0 cm³/mol. The van der Waals surface area contributed by atoms with Gasteiger partial charge in [-0.05, 0) is 25.0 Å². The topological polar surface area (TPSA) is 76.9 Å². The normalized spacial score (nSPS) is 19.4. The Balaban J connectivity index is 2.08. The molecule has 1 atom stereocenters. The van der Waals surface area contributed by atoms with Crippen molar-refractivity contribution < 1.29 is 9.59 Å². The second-order valence-corrected chi connectivity index (χ2v) is 5.04. The van der Waals surface area contributed by atoms with Crippen molar-refractivity contribution in [1.29, 1.82) is 0 Å². The van der Waals surface area contributed by atoms with E-state index in [9.17, 15) is 9.59 Å². The van der Waals surface area contributed by atoms with Crippen molar-refractivity contribution in [3.8, 4) is 0 Å². The quantitative estimate of drug-likeness (QED) is 0.829. The molecule has 2 amide bonds. The fourth-order valence-corrected chi connectivity index (χ4v) is 2.61. The lowest BCUT2D eigenvalue weighted by molar-refractivity contribution is -0.134. The third-order valence-electron chi connectivity index (χ3n) is 3.70. The first-order valence-corrected chi connectivity index (χ1v) is 6.76. The van der Waals surface area contributed by atoms with E-state index in [0.717, 1.165) is 23.1 Å². The number of aryl methyl sites for hydroxylation is 2. The molecule has 20 heavy (non-hydrogen) atoms. The highest BCUT2D eigenvalue weighted by atomic mass is 16.2. The summed E-state index contributed by atoms with van der Waals surface area (Å²) in [4.78, 5) is 27.8. The van der Waals surface area contributed by atoms with Gasteiger partial charge >= 0.3 is 0 Å². The Hall–Kier alpha value is -2.24. The Kier molecular flexibility index (Phi) is 3.00. The van der Waals surface area contributed by atoms with Crippen LogP contribution in [0.5, 0.6) is 0 Å². The molecule has 6 nitrogen and oxygen atoms in total. The summed E-state index contributed by atoms with van der Waals surface area (Å²) in [7, 11) is 1.82. The molecule has 104 valence electrons. The number of aromatic nitrogens is 3. The minimum Gasteiger partial charge on any atom is -0.296 e. The summed E-state index contributed by atoms with van der Waals surface area (Å²) < 4.78 is 1.70. The van der Waals surface area contributed by atoms with Gasteiger partial charge in [0, 0.05) is 24.5 Å². The zero-order valence-corrected chi connectivity index (χ0v) is 11.5. The van der Waals surface area contributed by atoms with Crippen LogP contribution in [-0.4, -0.2) is 26.6 Å². The molecule has 1 aliphatic rings. The van der Waals surface area contributed by atoms with Crippen molar-refractivity contribution in [2.75, 3.05) is 0 Å². The second-order valence-electron chi connectivity index (χ2n) is 5.04. The van der Waals surface area contributed by atoms with Crippen molar-refractivity contribution in [3.63, 3.8) is 0 Å². The minimum absolute atomic E-state index is 0.210. The maximum absolute atomic E-state index is 12.0. The number of piperidine rings is 1. The molecule has 3 rings (SSSR count). The van der Waals surface area contributed by atoms with E-state index in [2.05, 4.69) is 15.4 Å². The van der Waals surface area contributed by atoms with Crippen LogP contribution in [0.15, 0.2) is 12.1 Å². The van der Waals surface area contributed by atoms with E-state index in [-0.39, 0.29) is 17.7 Å². The summed E-state index contributed by atoms with van der Waals surface area (Å²) >= 11 is 0. The van der Waals surface area contributed by atoms with Crippen molar-refractivity contribution in [2.24, 2.45) is 7.05 Å². The molecule has 1 aliphatic heterocycles. The van der Waals surface area contributed by atoms with Crippen molar-refractivity contribution in [3.05, 3.63) is 23.5 Å². The van der Waals surface area contributed by atoms with E-state index in [0.29, 0.717) is 18.5 Å². The third kappa shape index (κ3) is 1.97. The number of hydrogen-bond donors (Lipinski definition) is 1. The Bertz CT molecular complexity index is 705. The summed E-state index contributed by atoms with van der Waals surface area (Å²) in [6.45, 7) is 2.05. The molecule has 0 saturated carbocycles. The van der Waals surface area contributed by atoms with Gasteiger partial charge in [0.2, 0.25) is 11.8 Å². The monoisotopic (exact) mass is 272 g/mol. The van der Waals surface area contributed by atoms with E-state index < -0.39 is 0 Å². The standard InChI is InChI=1S/C14H16N4O2/c1-3-8-4-5-9-12(17-18(2)13(9)15-8)10-6-7-11(19)16-14(10)20/h4-5,10H,3,6-7H2,1-2H3,(H,16,19,20). The molecule has 6 heteroatoms. The molecule has 1 unspecified atom stereocenters. The molecular formula is C14H16N4O2. The first-order chi connectivity index (χ1) is 9.60. The molecule has 2 aromatic rings. The fourth-order valence-electron chi connectivity index (χ4n) is 2.61. The average Bonchev–Trinajstić information content (AvgIpc) is 2.75. The number of hydrogen-bond acceptors (Lipinski definition) is 4. The molecule has 1 N–H and O–H groups in total. The molecule has 0 aliphatic carbocycles. The average molecular weight is 272 g/mol. The second kappa shape index (κ2) is 4.70. The Morgan fingerprint density at radius 2 is 2.20 bits per heavy atom. The largest absolute Gasteiger partial charge is 0.296 e. The van der Waals surface area contributed by atoms with E-state index in [1.165, 1.54) is 0 Å². The van der Waals surface area contributed by atoms with Gasteiger partial charge in [-0.25, -0.2) is 4.98 Å². The van der Waals surface area contributed by atoms with Gasteiger partial charge in [-0.1, -0.05) is 6.92 Å². The molecule has 0 spiro atoms. The lowest BCUT2D eigenvalue weighted by atomic mass is 9.93. The number of imide groups is 1. The first kappa shape index (κ1) is 12.8. The van der Waals surface area contributed by atoms with Crippen molar-refractivity contribution in [1.82, 2.24) is 20.1 Å². The number of carbonyl (C=O) groups is 2. The SMILES string of the molecule is CCc1ccc2c(C3CCC(=O)NC3=O)nn(C)c2n1. The molecule has 3 heterocycles. The predicted octanol–water partition coefficient (Wildman–Crippen LogP) is 1.05. The maximum Gasteiger partial charge on any atom is 0.235 e. The van der Waals surface area contributed by atoms with Crippen LogP contribution in [0.4, 0.5) is 0 Å². The summed E-state index contributed by atoms with van der Waals surface area (Å²) in [5.74, 6) is -0.843. The molecule has 2 aromatic heterocycles.